The lowest BCUT2D eigenvalue weighted by atomic mass is 9.97. The lowest BCUT2D eigenvalue weighted by Gasteiger charge is -2.36. The first-order valence-electron chi connectivity index (χ1n) is 11.2. The molecule has 188 valence electrons. The van der Waals surface area contributed by atoms with Crippen LogP contribution in [0.4, 0.5) is 28.4 Å². The van der Waals surface area contributed by atoms with E-state index in [1.807, 2.05) is 4.90 Å². The van der Waals surface area contributed by atoms with E-state index in [-0.39, 0.29) is 12.7 Å². The zero-order valence-corrected chi connectivity index (χ0v) is 19.8. The zero-order valence-electron chi connectivity index (χ0n) is 19.0. The minimum Gasteiger partial charge on any atom is -0.450 e. The molecule has 0 radical (unpaired) electrons. The Morgan fingerprint density at radius 2 is 1.80 bits per heavy atom. The van der Waals surface area contributed by atoms with E-state index in [4.69, 9.17) is 21.1 Å². The van der Waals surface area contributed by atoms with Crippen LogP contribution in [0.25, 0.3) is 0 Å². The summed E-state index contributed by atoms with van der Waals surface area (Å²) in [5, 5.41) is 0.466. The molecule has 7 nitrogen and oxygen atoms in total. The number of rotatable bonds is 5. The van der Waals surface area contributed by atoms with E-state index in [0.717, 1.165) is 12.1 Å². The van der Waals surface area contributed by atoms with Gasteiger partial charge in [0.25, 0.3) is 0 Å². The van der Waals surface area contributed by atoms with Crippen molar-refractivity contribution in [3.8, 4) is 0 Å². The highest BCUT2D eigenvalue weighted by molar-refractivity contribution is 6.30. The van der Waals surface area contributed by atoms with E-state index in [2.05, 4.69) is 0 Å². The van der Waals surface area contributed by atoms with Crippen LogP contribution in [0.15, 0.2) is 48.5 Å². The van der Waals surface area contributed by atoms with Gasteiger partial charge in [-0.15, -0.1) is 0 Å². The van der Waals surface area contributed by atoms with Crippen LogP contribution in [0.1, 0.15) is 24.1 Å². The van der Waals surface area contributed by atoms with Gasteiger partial charge < -0.3 is 14.4 Å². The molecule has 2 aliphatic rings. The zero-order chi connectivity index (χ0) is 25.2. The number of alkyl halides is 3. The van der Waals surface area contributed by atoms with E-state index in [0.29, 0.717) is 49.0 Å². The van der Waals surface area contributed by atoms with Gasteiger partial charge in [0, 0.05) is 43.4 Å². The molecule has 0 spiro atoms. The first-order chi connectivity index (χ1) is 16.7. The van der Waals surface area contributed by atoms with Crippen molar-refractivity contribution in [2.45, 2.75) is 25.2 Å². The predicted molar refractivity (Wildman–Crippen MR) is 123 cm³/mol. The van der Waals surface area contributed by atoms with Crippen molar-refractivity contribution >= 4 is 29.5 Å². The molecule has 35 heavy (non-hydrogen) atoms. The predicted octanol–water partition coefficient (Wildman–Crippen LogP) is 5.20. The molecule has 0 saturated carbocycles. The Morgan fingerprint density at radius 1 is 1.11 bits per heavy atom. The van der Waals surface area contributed by atoms with Gasteiger partial charge in [-0.05, 0) is 48.9 Å². The Kier molecular flexibility index (Phi) is 7.42. The summed E-state index contributed by atoms with van der Waals surface area (Å²) in [6.45, 7) is 4.24. The summed E-state index contributed by atoms with van der Waals surface area (Å²) in [5.41, 5.74) is -0.0144. The first kappa shape index (κ1) is 25.1. The third-order valence-corrected chi connectivity index (χ3v) is 6.33. The minimum absolute atomic E-state index is 0.288. The largest absolute Gasteiger partial charge is 0.450 e. The number of piperazine rings is 1. The number of anilines is 1. The molecule has 0 bridgehead atoms. The number of hydrogen-bond donors (Lipinski definition) is 0. The number of cyclic esters (lactones) is 1. The maximum absolute atomic E-state index is 13.4. The summed E-state index contributed by atoms with van der Waals surface area (Å²) in [4.78, 5) is 29.9. The van der Waals surface area contributed by atoms with Gasteiger partial charge in [-0.1, -0.05) is 23.7 Å². The molecule has 2 atom stereocenters. The summed E-state index contributed by atoms with van der Waals surface area (Å²) in [6, 6.07) is 10.6. The van der Waals surface area contributed by atoms with Crippen LogP contribution in [0.5, 0.6) is 0 Å². The smallest absolute Gasteiger partial charge is 0.416 e. The minimum atomic E-state index is -4.52. The van der Waals surface area contributed by atoms with Crippen molar-refractivity contribution in [2.75, 3.05) is 44.2 Å². The number of hydrogen-bond acceptors (Lipinski definition) is 5. The average Bonchev–Trinajstić information content (AvgIpc) is 3.15. The van der Waals surface area contributed by atoms with Crippen molar-refractivity contribution in [3.05, 3.63) is 64.7 Å². The summed E-state index contributed by atoms with van der Waals surface area (Å²) >= 11 is 5.99. The summed E-state index contributed by atoms with van der Waals surface area (Å²) in [7, 11) is 0. The molecule has 2 fully saturated rings. The van der Waals surface area contributed by atoms with Gasteiger partial charge in [-0.25, -0.2) is 9.59 Å². The van der Waals surface area contributed by atoms with Crippen LogP contribution in [-0.2, 0) is 15.7 Å². The topological polar surface area (TPSA) is 62.3 Å². The van der Waals surface area contributed by atoms with Crippen LogP contribution in [0.3, 0.4) is 0 Å². The fourth-order valence-electron chi connectivity index (χ4n) is 4.38. The Hall–Kier alpha value is -2.98. The lowest BCUT2D eigenvalue weighted by molar-refractivity contribution is -0.137. The van der Waals surface area contributed by atoms with Gasteiger partial charge in [0.15, 0.2) is 0 Å². The van der Waals surface area contributed by atoms with Crippen molar-refractivity contribution in [2.24, 2.45) is 0 Å². The summed E-state index contributed by atoms with van der Waals surface area (Å²) in [6.07, 6.45) is -6.28. The van der Waals surface area contributed by atoms with Gasteiger partial charge in [0.05, 0.1) is 12.2 Å². The SMILES string of the molecule is CCOC(=O)N1CCN(C[C@@H]2OC(=O)N(c3ccc(Cl)cc3)[C@H]2c2cccc(C(F)(F)F)c2)CC1. The van der Waals surface area contributed by atoms with Crippen LogP contribution in [-0.4, -0.2) is 67.4 Å². The third kappa shape index (κ3) is 5.65. The second-order valence-electron chi connectivity index (χ2n) is 8.32. The normalized spacial score (nSPS) is 21.2. The van der Waals surface area contributed by atoms with E-state index >= 15 is 0 Å². The number of nitrogens with zero attached hydrogens (tertiary/aromatic N) is 3. The van der Waals surface area contributed by atoms with E-state index < -0.39 is 30.0 Å². The fraction of sp³-hybridized carbons (Fsp3) is 0.417. The quantitative estimate of drug-likeness (QED) is 0.552. The highest BCUT2D eigenvalue weighted by Crippen LogP contribution is 2.40. The second-order valence-corrected chi connectivity index (χ2v) is 8.76. The third-order valence-electron chi connectivity index (χ3n) is 6.08. The maximum atomic E-state index is 13.4. The molecule has 4 rings (SSSR count). The molecule has 0 aliphatic carbocycles. The van der Waals surface area contributed by atoms with E-state index in [1.54, 1.807) is 42.2 Å². The van der Waals surface area contributed by atoms with Crippen LogP contribution < -0.4 is 4.90 Å². The van der Waals surface area contributed by atoms with Gasteiger partial charge in [-0.3, -0.25) is 9.80 Å². The second kappa shape index (κ2) is 10.3. The molecule has 0 N–H and O–H groups in total. The number of ether oxygens (including phenoxy) is 2. The van der Waals surface area contributed by atoms with Crippen molar-refractivity contribution in [1.29, 1.82) is 0 Å². The summed E-state index contributed by atoms with van der Waals surface area (Å²) in [5.74, 6) is 0. The van der Waals surface area contributed by atoms with Crippen molar-refractivity contribution < 1.29 is 32.2 Å². The maximum Gasteiger partial charge on any atom is 0.416 e. The molecule has 11 heteroatoms. The van der Waals surface area contributed by atoms with Crippen molar-refractivity contribution in [3.63, 3.8) is 0 Å². The molecule has 2 aromatic rings. The van der Waals surface area contributed by atoms with Crippen LogP contribution >= 0.6 is 11.6 Å². The first-order valence-corrected chi connectivity index (χ1v) is 11.6. The molecule has 0 aromatic heterocycles. The Morgan fingerprint density at radius 3 is 2.43 bits per heavy atom. The summed E-state index contributed by atoms with van der Waals surface area (Å²) < 4.78 is 51.1. The monoisotopic (exact) mass is 511 g/mol. The molecular weight excluding hydrogens is 487 g/mol. The van der Waals surface area contributed by atoms with E-state index in [1.165, 1.54) is 11.0 Å². The van der Waals surface area contributed by atoms with Gasteiger partial charge in [-0.2, -0.15) is 13.2 Å². The standard InChI is InChI=1S/C24H25ClF3N3O4/c1-2-34-22(32)30-12-10-29(11-13-30)15-20-21(16-4-3-5-17(14-16)24(26,27)28)31(23(33)35-20)19-8-6-18(25)7-9-19/h3-9,14,20-21H,2,10-13,15H2,1H3/t20-,21-/m0/s1. The lowest BCUT2D eigenvalue weighted by Crippen LogP contribution is -2.51. The van der Waals surface area contributed by atoms with Crippen molar-refractivity contribution in [1.82, 2.24) is 9.80 Å². The Labute approximate surface area is 205 Å². The van der Waals surface area contributed by atoms with Gasteiger partial charge in [0.2, 0.25) is 0 Å². The highest BCUT2D eigenvalue weighted by Gasteiger charge is 2.45. The Balaban J connectivity index is 1.59. The van der Waals surface area contributed by atoms with Crippen LogP contribution in [0.2, 0.25) is 5.02 Å². The molecule has 2 aromatic carbocycles. The van der Waals surface area contributed by atoms with Crippen LogP contribution in [0, 0.1) is 0 Å². The molecule has 2 aliphatic heterocycles. The molecule has 2 saturated heterocycles. The average molecular weight is 512 g/mol. The van der Waals surface area contributed by atoms with E-state index in [9.17, 15) is 22.8 Å². The van der Waals surface area contributed by atoms with Gasteiger partial charge in [0.1, 0.15) is 12.1 Å². The number of halogens is 4. The molecule has 2 heterocycles. The number of carbonyl (C=O) groups is 2. The molecule has 2 amide bonds. The Bertz CT molecular complexity index is 1060. The molecule has 0 unspecified atom stereocenters. The highest BCUT2D eigenvalue weighted by atomic mass is 35.5. The number of amides is 2. The van der Waals surface area contributed by atoms with Gasteiger partial charge >= 0.3 is 18.4 Å². The fourth-order valence-corrected chi connectivity index (χ4v) is 4.51. The molecular formula is C24H25ClF3N3O4. The number of benzene rings is 2. The number of carbonyl (C=O) groups excluding carboxylic acids is 2.